The predicted molar refractivity (Wildman–Crippen MR) is 98.3 cm³/mol. The number of pyridine rings is 1. The third-order valence-corrected chi connectivity index (χ3v) is 5.15. The van der Waals surface area contributed by atoms with Crippen molar-refractivity contribution in [3.8, 4) is 0 Å². The van der Waals surface area contributed by atoms with Gasteiger partial charge in [0.2, 0.25) is 0 Å². The van der Waals surface area contributed by atoms with Crippen molar-refractivity contribution >= 4 is 45.8 Å². The summed E-state index contributed by atoms with van der Waals surface area (Å²) in [5, 5.41) is 5.95. The highest BCUT2D eigenvalue weighted by molar-refractivity contribution is 6.37. The molecule has 1 aliphatic rings. The van der Waals surface area contributed by atoms with Crippen LogP contribution < -0.4 is 11.3 Å². The minimum Gasteiger partial charge on any atom is -0.360 e. The third-order valence-electron chi connectivity index (χ3n) is 4.84. The Bertz CT molecular complexity index is 964. The third kappa shape index (κ3) is 2.51. The van der Waals surface area contributed by atoms with Gasteiger partial charge in [0, 0.05) is 17.5 Å². The van der Waals surface area contributed by atoms with E-state index in [1.54, 1.807) is 6.92 Å². The molecule has 0 bridgehead atoms. The Morgan fingerprint density at radius 3 is 2.88 bits per heavy atom. The van der Waals surface area contributed by atoms with E-state index in [4.69, 9.17) is 21.9 Å². The summed E-state index contributed by atoms with van der Waals surface area (Å²) in [6.07, 6.45) is 3.79. The van der Waals surface area contributed by atoms with E-state index < -0.39 is 0 Å². The number of nitrogens with zero attached hydrogens (tertiary/aromatic N) is 2. The van der Waals surface area contributed by atoms with E-state index in [9.17, 15) is 4.79 Å². The molecular formula is C17H19Cl2N3O2. The van der Waals surface area contributed by atoms with Crippen LogP contribution in [0.25, 0.3) is 21.8 Å². The van der Waals surface area contributed by atoms with Gasteiger partial charge >= 0.3 is 0 Å². The van der Waals surface area contributed by atoms with Crippen molar-refractivity contribution in [3.05, 3.63) is 39.3 Å². The molecule has 2 atom stereocenters. The molecule has 2 N–H and O–H groups in total. The maximum atomic E-state index is 13.1. The highest BCUT2D eigenvalue weighted by Crippen LogP contribution is 2.34. The lowest BCUT2D eigenvalue weighted by Crippen LogP contribution is -2.34. The minimum atomic E-state index is -0.0624. The molecule has 0 spiro atoms. The van der Waals surface area contributed by atoms with Crippen LogP contribution in [0.5, 0.6) is 0 Å². The van der Waals surface area contributed by atoms with Gasteiger partial charge in [0.05, 0.1) is 10.5 Å². The summed E-state index contributed by atoms with van der Waals surface area (Å²) in [4.78, 5) is 13.1. The fraction of sp³-hybridized carbons (Fsp3) is 0.412. The molecule has 0 saturated heterocycles. The molecule has 1 fully saturated rings. The molecular weight excluding hydrogens is 349 g/mol. The largest absolute Gasteiger partial charge is 0.360 e. The number of halogens is 2. The van der Waals surface area contributed by atoms with Crippen LogP contribution in [0, 0.1) is 6.92 Å². The van der Waals surface area contributed by atoms with Crippen molar-refractivity contribution in [1.29, 1.82) is 0 Å². The number of aromatic nitrogens is 2. The van der Waals surface area contributed by atoms with E-state index in [1.165, 1.54) is 0 Å². The summed E-state index contributed by atoms with van der Waals surface area (Å²) >= 11 is 6.42. The second kappa shape index (κ2) is 6.39. The average molecular weight is 368 g/mol. The van der Waals surface area contributed by atoms with Crippen molar-refractivity contribution in [1.82, 2.24) is 9.72 Å². The van der Waals surface area contributed by atoms with Crippen LogP contribution in [0.15, 0.2) is 27.5 Å². The molecule has 3 aromatic rings. The molecule has 7 heteroatoms. The Labute approximate surface area is 150 Å². The second-order valence-electron chi connectivity index (χ2n) is 6.35. The highest BCUT2D eigenvalue weighted by atomic mass is 35.5. The zero-order chi connectivity index (χ0) is 16.1. The number of aryl methyl sites for hydroxylation is 1. The van der Waals surface area contributed by atoms with E-state index in [2.05, 4.69) is 5.16 Å². The number of hydrogen-bond acceptors (Lipinski definition) is 4. The number of rotatable bonds is 1. The van der Waals surface area contributed by atoms with E-state index >= 15 is 0 Å². The van der Waals surface area contributed by atoms with Crippen LogP contribution in [0.2, 0.25) is 5.02 Å². The number of nitrogens with two attached hydrogens (primary N) is 1. The Morgan fingerprint density at radius 2 is 2.12 bits per heavy atom. The van der Waals surface area contributed by atoms with Gasteiger partial charge in [-0.1, -0.05) is 22.8 Å². The summed E-state index contributed by atoms with van der Waals surface area (Å²) in [5.74, 6) is 0.528. The van der Waals surface area contributed by atoms with Gasteiger partial charge in [-0.3, -0.25) is 4.79 Å². The summed E-state index contributed by atoms with van der Waals surface area (Å²) in [5.41, 5.74) is 7.43. The highest BCUT2D eigenvalue weighted by Gasteiger charge is 2.26. The molecule has 24 heavy (non-hydrogen) atoms. The lowest BCUT2D eigenvalue weighted by Gasteiger charge is -2.29. The summed E-state index contributed by atoms with van der Waals surface area (Å²) in [6.45, 7) is 1.76. The smallest absolute Gasteiger partial charge is 0.264 e. The summed E-state index contributed by atoms with van der Waals surface area (Å²) in [7, 11) is 0. The molecule has 5 nitrogen and oxygen atoms in total. The van der Waals surface area contributed by atoms with Gasteiger partial charge in [-0.2, -0.15) is 0 Å². The Kier molecular flexibility index (Phi) is 4.60. The standard InChI is InChI=1S/C17H18ClN3O2.ClH/c1-9-14-16(20-23-9)15-12(18)6-3-7-13(15)21(17(14)22)11-5-2-4-10(19)8-11;/h3,6-7,10-11H,2,4-5,8,19H2,1H3;1H/t10-,11+;/m0./s1. The number of hydrogen-bond donors (Lipinski definition) is 1. The van der Waals surface area contributed by atoms with Gasteiger partial charge in [-0.25, -0.2) is 0 Å². The van der Waals surface area contributed by atoms with Crippen molar-refractivity contribution < 1.29 is 4.52 Å². The summed E-state index contributed by atoms with van der Waals surface area (Å²) < 4.78 is 7.13. The zero-order valence-electron chi connectivity index (χ0n) is 13.3. The molecule has 2 heterocycles. The second-order valence-corrected chi connectivity index (χ2v) is 6.76. The lowest BCUT2D eigenvalue weighted by atomic mass is 9.91. The molecule has 1 aliphatic carbocycles. The number of benzene rings is 1. The average Bonchev–Trinajstić information content (AvgIpc) is 2.90. The first-order valence-electron chi connectivity index (χ1n) is 7.92. The first-order valence-corrected chi connectivity index (χ1v) is 8.30. The van der Waals surface area contributed by atoms with Crippen LogP contribution in [0.3, 0.4) is 0 Å². The van der Waals surface area contributed by atoms with Crippen molar-refractivity contribution in [2.24, 2.45) is 5.73 Å². The molecule has 0 amide bonds. The number of fused-ring (bicyclic) bond motifs is 3. The lowest BCUT2D eigenvalue weighted by molar-refractivity contribution is 0.321. The Morgan fingerprint density at radius 1 is 1.33 bits per heavy atom. The predicted octanol–water partition coefficient (Wildman–Crippen LogP) is 3.97. The Balaban J connectivity index is 0.00000169. The topological polar surface area (TPSA) is 74.0 Å². The fourth-order valence-corrected chi connectivity index (χ4v) is 4.03. The molecule has 2 aromatic heterocycles. The van der Waals surface area contributed by atoms with Crippen LogP contribution >= 0.6 is 24.0 Å². The molecule has 4 rings (SSSR count). The first kappa shape index (κ1) is 17.3. The van der Waals surface area contributed by atoms with Gasteiger partial charge in [0.1, 0.15) is 16.7 Å². The molecule has 1 saturated carbocycles. The maximum Gasteiger partial charge on any atom is 0.264 e. The Hall–Kier alpha value is -1.56. The van der Waals surface area contributed by atoms with E-state index in [0.29, 0.717) is 21.7 Å². The monoisotopic (exact) mass is 367 g/mol. The summed E-state index contributed by atoms with van der Waals surface area (Å²) in [6, 6.07) is 5.82. The van der Waals surface area contributed by atoms with E-state index in [-0.39, 0.29) is 30.0 Å². The van der Waals surface area contributed by atoms with Crippen LogP contribution in [-0.2, 0) is 0 Å². The van der Waals surface area contributed by atoms with Crippen LogP contribution in [0.1, 0.15) is 37.5 Å². The minimum absolute atomic E-state index is 0. The van der Waals surface area contributed by atoms with E-state index in [0.717, 1.165) is 36.6 Å². The molecule has 0 aliphatic heterocycles. The van der Waals surface area contributed by atoms with Crippen molar-refractivity contribution in [2.75, 3.05) is 0 Å². The molecule has 128 valence electrons. The van der Waals surface area contributed by atoms with Gasteiger partial charge in [-0.05, 0) is 44.7 Å². The molecule has 0 unspecified atom stereocenters. The van der Waals surface area contributed by atoms with Crippen molar-refractivity contribution in [2.45, 2.75) is 44.7 Å². The molecule has 0 radical (unpaired) electrons. The van der Waals surface area contributed by atoms with Crippen LogP contribution in [-0.4, -0.2) is 15.8 Å². The quantitative estimate of drug-likeness (QED) is 0.705. The van der Waals surface area contributed by atoms with Gasteiger partial charge in [-0.15, -0.1) is 12.4 Å². The molecule has 1 aromatic carbocycles. The normalized spacial score (nSPS) is 21.1. The van der Waals surface area contributed by atoms with Gasteiger partial charge < -0.3 is 14.8 Å². The SMILES string of the molecule is Cc1onc2c1c(=O)n([C@@H]1CCC[C@H](N)C1)c1cccc(Cl)c21.Cl. The van der Waals surface area contributed by atoms with Crippen LogP contribution in [0.4, 0.5) is 0 Å². The van der Waals surface area contributed by atoms with E-state index in [1.807, 2.05) is 22.8 Å². The zero-order valence-corrected chi connectivity index (χ0v) is 14.9. The maximum absolute atomic E-state index is 13.1. The van der Waals surface area contributed by atoms with Gasteiger partial charge in [0.25, 0.3) is 5.56 Å². The van der Waals surface area contributed by atoms with Gasteiger partial charge in [0.15, 0.2) is 0 Å². The first-order chi connectivity index (χ1) is 11.1. The van der Waals surface area contributed by atoms with Crippen molar-refractivity contribution in [3.63, 3.8) is 0 Å². The fourth-order valence-electron chi connectivity index (χ4n) is 3.77.